The predicted molar refractivity (Wildman–Crippen MR) is 66.3 cm³/mol. The summed E-state index contributed by atoms with van der Waals surface area (Å²) in [6.45, 7) is 3.32. The van der Waals surface area contributed by atoms with Gasteiger partial charge in [0, 0.05) is 32.7 Å². The van der Waals surface area contributed by atoms with Gasteiger partial charge in [-0.2, -0.15) is 0 Å². The molecule has 0 saturated carbocycles. The smallest absolute Gasteiger partial charge is 0.206 e. The fraction of sp³-hybridized carbons (Fsp3) is 0.600. The second-order valence-electron chi connectivity index (χ2n) is 3.56. The van der Waals surface area contributed by atoms with Crippen LogP contribution in [0, 0.1) is 0 Å². The molecule has 0 aromatic carbocycles. The number of nitrogens with zero attached hydrogens (tertiary/aromatic N) is 2. The van der Waals surface area contributed by atoms with E-state index in [1.807, 2.05) is 6.92 Å². The number of hydrazine groups is 1. The van der Waals surface area contributed by atoms with E-state index in [-0.39, 0.29) is 6.04 Å². The highest BCUT2D eigenvalue weighted by atomic mass is 16.5. The lowest BCUT2D eigenvalue weighted by atomic mass is 10.3. The van der Waals surface area contributed by atoms with Gasteiger partial charge in [-0.3, -0.25) is 10.4 Å². The Morgan fingerprint density at radius 3 is 3.12 bits per heavy atom. The summed E-state index contributed by atoms with van der Waals surface area (Å²) in [4.78, 5) is 11.5. The van der Waals surface area contributed by atoms with E-state index in [0.717, 1.165) is 12.2 Å². The fourth-order valence-electron chi connectivity index (χ4n) is 1.32. The van der Waals surface area contributed by atoms with Gasteiger partial charge in [0.25, 0.3) is 0 Å². The largest absolute Gasteiger partial charge is 0.385 e. The Bertz CT molecular complexity index is 324. The van der Waals surface area contributed by atoms with Gasteiger partial charge in [0.1, 0.15) is 5.82 Å². The van der Waals surface area contributed by atoms with E-state index in [9.17, 15) is 0 Å². The SMILES string of the molecule is COCCCN=C(NN)NC(C)c1ncc[nH]1. The van der Waals surface area contributed by atoms with Crippen molar-refractivity contribution >= 4 is 5.96 Å². The molecule has 1 atom stereocenters. The highest BCUT2D eigenvalue weighted by molar-refractivity contribution is 5.79. The summed E-state index contributed by atoms with van der Waals surface area (Å²) >= 11 is 0. The highest BCUT2D eigenvalue weighted by Gasteiger charge is 2.08. The van der Waals surface area contributed by atoms with Gasteiger partial charge in [0.2, 0.25) is 5.96 Å². The van der Waals surface area contributed by atoms with Crippen LogP contribution in [0.1, 0.15) is 25.2 Å². The molecule has 1 unspecified atom stereocenters. The van der Waals surface area contributed by atoms with Crippen molar-refractivity contribution in [3.63, 3.8) is 0 Å². The lowest BCUT2D eigenvalue weighted by Crippen LogP contribution is -2.43. The molecule has 0 aliphatic carbocycles. The average molecular weight is 240 g/mol. The van der Waals surface area contributed by atoms with E-state index >= 15 is 0 Å². The van der Waals surface area contributed by atoms with Crippen LogP contribution in [-0.2, 0) is 4.74 Å². The molecule has 0 aliphatic rings. The van der Waals surface area contributed by atoms with E-state index in [0.29, 0.717) is 19.1 Å². The molecular weight excluding hydrogens is 220 g/mol. The highest BCUT2D eigenvalue weighted by Crippen LogP contribution is 2.04. The van der Waals surface area contributed by atoms with Crippen molar-refractivity contribution < 1.29 is 4.74 Å². The Kier molecular flexibility index (Phi) is 6.05. The van der Waals surface area contributed by atoms with Crippen LogP contribution in [0.2, 0.25) is 0 Å². The quantitative estimate of drug-likeness (QED) is 0.183. The molecule has 0 radical (unpaired) electrons. The minimum absolute atomic E-state index is 0.0159. The molecule has 1 rings (SSSR count). The third-order valence-electron chi connectivity index (χ3n) is 2.20. The van der Waals surface area contributed by atoms with Gasteiger partial charge in [0.05, 0.1) is 6.04 Å². The normalized spacial score (nSPS) is 13.5. The first-order chi connectivity index (χ1) is 8.27. The van der Waals surface area contributed by atoms with Gasteiger partial charge in [-0.1, -0.05) is 0 Å². The lowest BCUT2D eigenvalue weighted by Gasteiger charge is -2.14. The van der Waals surface area contributed by atoms with E-state index in [1.54, 1.807) is 19.5 Å². The third kappa shape index (κ3) is 4.83. The molecule has 0 fully saturated rings. The maximum atomic E-state index is 5.38. The summed E-state index contributed by atoms with van der Waals surface area (Å²) < 4.78 is 4.94. The van der Waals surface area contributed by atoms with Gasteiger partial charge >= 0.3 is 0 Å². The van der Waals surface area contributed by atoms with Crippen LogP contribution in [0.3, 0.4) is 0 Å². The maximum absolute atomic E-state index is 5.38. The molecule has 1 heterocycles. The Balaban J connectivity index is 2.40. The maximum Gasteiger partial charge on any atom is 0.206 e. The number of nitrogens with one attached hydrogen (secondary N) is 3. The summed E-state index contributed by atoms with van der Waals surface area (Å²) in [5, 5.41) is 3.13. The Labute approximate surface area is 101 Å². The van der Waals surface area contributed by atoms with Gasteiger partial charge < -0.3 is 15.0 Å². The van der Waals surface area contributed by atoms with Crippen molar-refractivity contribution in [1.82, 2.24) is 20.7 Å². The molecule has 1 aromatic rings. The summed E-state index contributed by atoms with van der Waals surface area (Å²) in [6, 6.07) is 0.0159. The second kappa shape index (κ2) is 7.64. The molecule has 7 heteroatoms. The number of rotatable bonds is 6. The third-order valence-corrected chi connectivity index (χ3v) is 2.20. The Morgan fingerprint density at radius 1 is 1.71 bits per heavy atom. The topological polar surface area (TPSA) is 100 Å². The summed E-state index contributed by atoms with van der Waals surface area (Å²) in [6.07, 6.45) is 4.34. The number of H-pyrrole nitrogens is 1. The number of hydrogen-bond acceptors (Lipinski definition) is 4. The average Bonchev–Trinajstić information content (AvgIpc) is 2.86. The first kappa shape index (κ1) is 13.5. The molecule has 0 aliphatic heterocycles. The molecule has 0 amide bonds. The van der Waals surface area contributed by atoms with Crippen LogP contribution in [0.4, 0.5) is 0 Å². The van der Waals surface area contributed by atoms with Crippen LogP contribution in [0.5, 0.6) is 0 Å². The number of imidazole rings is 1. The molecule has 17 heavy (non-hydrogen) atoms. The van der Waals surface area contributed by atoms with Crippen molar-refractivity contribution in [2.24, 2.45) is 10.8 Å². The van der Waals surface area contributed by atoms with Crippen molar-refractivity contribution in [2.75, 3.05) is 20.3 Å². The first-order valence-electron chi connectivity index (χ1n) is 5.53. The van der Waals surface area contributed by atoms with Gasteiger partial charge in [0.15, 0.2) is 0 Å². The molecule has 0 saturated heterocycles. The van der Waals surface area contributed by atoms with Gasteiger partial charge in [-0.25, -0.2) is 10.8 Å². The van der Waals surface area contributed by atoms with Crippen molar-refractivity contribution in [2.45, 2.75) is 19.4 Å². The van der Waals surface area contributed by atoms with Crippen LogP contribution >= 0.6 is 0 Å². The molecule has 7 nitrogen and oxygen atoms in total. The number of aliphatic imine (C=N–C) groups is 1. The molecule has 0 spiro atoms. The van der Waals surface area contributed by atoms with Crippen molar-refractivity contribution in [3.05, 3.63) is 18.2 Å². The number of aromatic amines is 1. The number of nitrogens with two attached hydrogens (primary N) is 1. The van der Waals surface area contributed by atoms with Crippen LogP contribution in [0.25, 0.3) is 0 Å². The summed E-state index contributed by atoms with van der Waals surface area (Å²) in [7, 11) is 1.67. The number of methoxy groups -OCH3 is 1. The van der Waals surface area contributed by atoms with E-state index < -0.39 is 0 Å². The predicted octanol–water partition coefficient (Wildman–Crippen LogP) is -0.0839. The van der Waals surface area contributed by atoms with Gasteiger partial charge in [-0.15, -0.1) is 0 Å². The molecular formula is C10H20N6O. The Hall–Kier alpha value is -1.60. The van der Waals surface area contributed by atoms with Crippen LogP contribution in [-0.4, -0.2) is 36.2 Å². The molecule has 5 N–H and O–H groups in total. The number of guanidine groups is 1. The number of hydrogen-bond donors (Lipinski definition) is 4. The zero-order chi connectivity index (χ0) is 12.5. The lowest BCUT2D eigenvalue weighted by molar-refractivity contribution is 0.197. The standard InChI is InChI=1S/C10H20N6O/c1-8(9-12-5-6-13-9)15-10(16-11)14-4-3-7-17-2/h5-6,8H,3-4,7,11H2,1-2H3,(H,12,13)(H2,14,15,16). The van der Waals surface area contributed by atoms with Crippen LogP contribution < -0.4 is 16.6 Å². The molecule has 1 aromatic heterocycles. The van der Waals surface area contributed by atoms with E-state index in [2.05, 4.69) is 25.7 Å². The Morgan fingerprint density at radius 2 is 2.53 bits per heavy atom. The summed E-state index contributed by atoms with van der Waals surface area (Å²) in [5.41, 5.74) is 2.53. The van der Waals surface area contributed by atoms with Crippen molar-refractivity contribution in [3.8, 4) is 0 Å². The summed E-state index contributed by atoms with van der Waals surface area (Å²) in [5.74, 6) is 6.77. The first-order valence-corrected chi connectivity index (χ1v) is 5.53. The van der Waals surface area contributed by atoms with E-state index in [4.69, 9.17) is 10.6 Å². The monoisotopic (exact) mass is 240 g/mol. The number of aromatic nitrogens is 2. The van der Waals surface area contributed by atoms with Crippen LogP contribution in [0.15, 0.2) is 17.4 Å². The minimum Gasteiger partial charge on any atom is -0.385 e. The number of ether oxygens (including phenoxy) is 1. The van der Waals surface area contributed by atoms with Gasteiger partial charge in [-0.05, 0) is 13.3 Å². The molecule has 0 bridgehead atoms. The zero-order valence-corrected chi connectivity index (χ0v) is 10.2. The second-order valence-corrected chi connectivity index (χ2v) is 3.56. The minimum atomic E-state index is 0.0159. The fourth-order valence-corrected chi connectivity index (χ4v) is 1.32. The van der Waals surface area contributed by atoms with Crippen molar-refractivity contribution in [1.29, 1.82) is 0 Å². The molecule has 96 valence electrons. The van der Waals surface area contributed by atoms with E-state index in [1.165, 1.54) is 0 Å². The zero-order valence-electron chi connectivity index (χ0n) is 10.2.